The SMILES string of the molecule is O=C(c1ccccc1C(F)(F)F)N1CCN(c2cc(Nc3ccccn3)ncn2)CC1. The van der Waals surface area contributed by atoms with Crippen molar-refractivity contribution in [3.8, 4) is 0 Å². The smallest absolute Gasteiger partial charge is 0.353 e. The van der Waals surface area contributed by atoms with E-state index in [2.05, 4.69) is 20.3 Å². The number of piperazine rings is 1. The quantitative estimate of drug-likeness (QED) is 0.685. The second-order valence-electron chi connectivity index (χ2n) is 6.92. The maximum absolute atomic E-state index is 13.2. The Morgan fingerprint density at radius 2 is 1.65 bits per heavy atom. The number of halogens is 3. The molecule has 1 fully saturated rings. The van der Waals surface area contributed by atoms with Gasteiger partial charge in [0, 0.05) is 38.4 Å². The molecule has 31 heavy (non-hydrogen) atoms. The molecule has 0 unspecified atom stereocenters. The number of aromatic nitrogens is 3. The Hall–Kier alpha value is -3.69. The first-order chi connectivity index (χ1) is 14.9. The summed E-state index contributed by atoms with van der Waals surface area (Å²) < 4.78 is 39.7. The Morgan fingerprint density at radius 1 is 0.903 bits per heavy atom. The second kappa shape index (κ2) is 8.58. The van der Waals surface area contributed by atoms with Crippen molar-refractivity contribution in [2.75, 3.05) is 36.4 Å². The monoisotopic (exact) mass is 428 g/mol. The number of hydrogen-bond acceptors (Lipinski definition) is 6. The van der Waals surface area contributed by atoms with Gasteiger partial charge in [0.05, 0.1) is 11.1 Å². The fourth-order valence-electron chi connectivity index (χ4n) is 3.38. The molecule has 3 aromatic rings. The summed E-state index contributed by atoms with van der Waals surface area (Å²) in [5.74, 6) is 1.26. The Kier molecular flexibility index (Phi) is 5.70. The number of benzene rings is 1. The van der Waals surface area contributed by atoms with E-state index in [1.165, 1.54) is 29.4 Å². The van der Waals surface area contributed by atoms with Crippen molar-refractivity contribution >= 4 is 23.4 Å². The van der Waals surface area contributed by atoms with Crippen molar-refractivity contribution in [1.29, 1.82) is 0 Å². The topological polar surface area (TPSA) is 74.2 Å². The van der Waals surface area contributed by atoms with E-state index in [1.807, 2.05) is 23.1 Å². The van der Waals surface area contributed by atoms with Crippen LogP contribution in [0.1, 0.15) is 15.9 Å². The summed E-state index contributed by atoms with van der Waals surface area (Å²) in [6.45, 7) is 1.47. The number of pyridine rings is 1. The number of nitrogens with zero attached hydrogens (tertiary/aromatic N) is 5. The van der Waals surface area contributed by atoms with Gasteiger partial charge in [-0.3, -0.25) is 4.79 Å². The van der Waals surface area contributed by atoms with E-state index < -0.39 is 17.6 Å². The molecule has 4 rings (SSSR count). The lowest BCUT2D eigenvalue weighted by Gasteiger charge is -2.35. The first-order valence-corrected chi connectivity index (χ1v) is 9.62. The second-order valence-corrected chi connectivity index (χ2v) is 6.92. The molecular weight excluding hydrogens is 409 g/mol. The van der Waals surface area contributed by atoms with E-state index in [9.17, 15) is 18.0 Å². The lowest BCUT2D eigenvalue weighted by Crippen LogP contribution is -2.49. The summed E-state index contributed by atoms with van der Waals surface area (Å²) in [5, 5.41) is 3.09. The molecule has 7 nitrogen and oxygen atoms in total. The Bertz CT molecular complexity index is 1050. The zero-order valence-electron chi connectivity index (χ0n) is 16.4. The van der Waals surface area contributed by atoms with Crippen molar-refractivity contribution in [3.63, 3.8) is 0 Å². The fraction of sp³-hybridized carbons (Fsp3) is 0.238. The van der Waals surface area contributed by atoms with Crippen LogP contribution in [0, 0.1) is 0 Å². The first-order valence-electron chi connectivity index (χ1n) is 9.62. The molecule has 3 heterocycles. The third-order valence-corrected chi connectivity index (χ3v) is 4.93. The van der Waals surface area contributed by atoms with E-state index in [0.717, 1.165) is 6.07 Å². The van der Waals surface area contributed by atoms with Gasteiger partial charge in [0.15, 0.2) is 0 Å². The van der Waals surface area contributed by atoms with Crippen LogP contribution in [0.15, 0.2) is 61.1 Å². The third kappa shape index (κ3) is 4.73. The molecule has 2 aromatic heterocycles. The van der Waals surface area contributed by atoms with Crippen molar-refractivity contribution < 1.29 is 18.0 Å². The predicted molar refractivity (Wildman–Crippen MR) is 109 cm³/mol. The Morgan fingerprint density at radius 3 is 2.35 bits per heavy atom. The van der Waals surface area contributed by atoms with Crippen LogP contribution in [-0.4, -0.2) is 51.9 Å². The molecule has 0 saturated carbocycles. The molecule has 1 amide bonds. The van der Waals surface area contributed by atoms with Gasteiger partial charge in [-0.15, -0.1) is 0 Å². The number of anilines is 3. The van der Waals surface area contributed by atoms with Gasteiger partial charge in [0.2, 0.25) is 0 Å². The molecule has 0 aliphatic carbocycles. The zero-order chi connectivity index (χ0) is 21.8. The zero-order valence-corrected chi connectivity index (χ0v) is 16.4. The largest absolute Gasteiger partial charge is 0.417 e. The standard InChI is InChI=1S/C21H19F3N6O/c22-21(23,24)16-6-2-1-5-15(16)20(31)30-11-9-29(10-12-30)19-13-18(26-14-27-19)28-17-7-3-4-8-25-17/h1-8,13-14H,9-12H2,(H,25,26,27,28). The molecule has 0 radical (unpaired) electrons. The van der Waals surface area contributed by atoms with Gasteiger partial charge in [-0.2, -0.15) is 13.2 Å². The van der Waals surface area contributed by atoms with E-state index in [-0.39, 0.29) is 18.7 Å². The average molecular weight is 428 g/mol. The molecule has 0 bridgehead atoms. The fourth-order valence-corrected chi connectivity index (χ4v) is 3.38. The highest BCUT2D eigenvalue weighted by atomic mass is 19.4. The van der Waals surface area contributed by atoms with Gasteiger partial charge in [-0.1, -0.05) is 18.2 Å². The molecule has 1 N–H and O–H groups in total. The Balaban J connectivity index is 1.43. The summed E-state index contributed by atoms with van der Waals surface area (Å²) in [7, 11) is 0. The van der Waals surface area contributed by atoms with Crippen LogP contribution in [0.3, 0.4) is 0 Å². The highest BCUT2D eigenvalue weighted by Crippen LogP contribution is 2.32. The van der Waals surface area contributed by atoms with Crippen LogP contribution in [-0.2, 0) is 6.18 Å². The van der Waals surface area contributed by atoms with Crippen LogP contribution in [0.2, 0.25) is 0 Å². The number of rotatable bonds is 4. The van der Waals surface area contributed by atoms with Gasteiger partial charge in [0.25, 0.3) is 5.91 Å². The maximum Gasteiger partial charge on any atom is 0.417 e. The molecule has 0 atom stereocenters. The van der Waals surface area contributed by atoms with Crippen LogP contribution >= 0.6 is 0 Å². The van der Waals surface area contributed by atoms with E-state index >= 15 is 0 Å². The third-order valence-electron chi connectivity index (χ3n) is 4.93. The molecule has 10 heteroatoms. The minimum Gasteiger partial charge on any atom is -0.353 e. The van der Waals surface area contributed by atoms with Gasteiger partial charge in [-0.05, 0) is 24.3 Å². The van der Waals surface area contributed by atoms with E-state index in [0.29, 0.717) is 30.5 Å². The number of amides is 1. The highest BCUT2D eigenvalue weighted by Gasteiger charge is 2.36. The summed E-state index contributed by atoms with van der Waals surface area (Å²) in [4.78, 5) is 28.8. The van der Waals surface area contributed by atoms with Crippen LogP contribution in [0.5, 0.6) is 0 Å². The molecule has 1 saturated heterocycles. The molecular formula is C21H19F3N6O. The van der Waals surface area contributed by atoms with Gasteiger partial charge in [-0.25, -0.2) is 15.0 Å². The maximum atomic E-state index is 13.2. The minimum absolute atomic E-state index is 0.290. The number of carbonyl (C=O) groups excluding carboxylic acids is 1. The van der Waals surface area contributed by atoms with Gasteiger partial charge >= 0.3 is 6.18 Å². The Labute approximate surface area is 176 Å². The molecule has 1 aromatic carbocycles. The lowest BCUT2D eigenvalue weighted by atomic mass is 10.1. The molecule has 1 aliphatic rings. The molecule has 1 aliphatic heterocycles. The van der Waals surface area contributed by atoms with Crippen LogP contribution < -0.4 is 10.2 Å². The molecule has 160 valence electrons. The van der Waals surface area contributed by atoms with Crippen molar-refractivity contribution in [2.24, 2.45) is 0 Å². The molecule has 0 spiro atoms. The predicted octanol–water partition coefficient (Wildman–Crippen LogP) is 3.60. The van der Waals surface area contributed by atoms with Crippen molar-refractivity contribution in [3.05, 3.63) is 72.2 Å². The lowest BCUT2D eigenvalue weighted by molar-refractivity contribution is -0.138. The number of alkyl halides is 3. The van der Waals surface area contributed by atoms with E-state index in [1.54, 1.807) is 12.3 Å². The number of nitrogens with one attached hydrogen (secondary N) is 1. The van der Waals surface area contributed by atoms with Gasteiger partial charge < -0.3 is 15.1 Å². The number of hydrogen-bond donors (Lipinski definition) is 1. The summed E-state index contributed by atoms with van der Waals surface area (Å²) in [6, 6.07) is 12.1. The summed E-state index contributed by atoms with van der Waals surface area (Å²) in [5.41, 5.74) is -1.24. The summed E-state index contributed by atoms with van der Waals surface area (Å²) >= 11 is 0. The minimum atomic E-state index is -4.58. The normalized spacial score (nSPS) is 14.4. The number of carbonyl (C=O) groups is 1. The van der Waals surface area contributed by atoms with Crippen LogP contribution in [0.4, 0.5) is 30.6 Å². The van der Waals surface area contributed by atoms with Crippen molar-refractivity contribution in [1.82, 2.24) is 19.9 Å². The van der Waals surface area contributed by atoms with Gasteiger partial charge in [0.1, 0.15) is 23.8 Å². The average Bonchev–Trinajstić information content (AvgIpc) is 2.79. The first kappa shape index (κ1) is 20.6. The highest BCUT2D eigenvalue weighted by molar-refractivity contribution is 5.96. The summed E-state index contributed by atoms with van der Waals surface area (Å²) in [6.07, 6.45) is -1.48. The van der Waals surface area contributed by atoms with E-state index in [4.69, 9.17) is 0 Å². The van der Waals surface area contributed by atoms with Crippen LogP contribution in [0.25, 0.3) is 0 Å². The van der Waals surface area contributed by atoms with Crippen molar-refractivity contribution in [2.45, 2.75) is 6.18 Å².